The molecule has 1 amide bonds. The van der Waals surface area contributed by atoms with Gasteiger partial charge in [-0.3, -0.25) is 8.98 Å². The Bertz CT molecular complexity index is 1030. The van der Waals surface area contributed by atoms with Gasteiger partial charge in [0.25, 0.3) is 10.1 Å². The highest BCUT2D eigenvalue weighted by Gasteiger charge is 2.47. The predicted molar refractivity (Wildman–Crippen MR) is 120 cm³/mol. The van der Waals surface area contributed by atoms with Gasteiger partial charge >= 0.3 is 0 Å². The molecule has 3 rings (SSSR count). The number of hydrogen-bond donors (Lipinski definition) is 0. The van der Waals surface area contributed by atoms with E-state index in [2.05, 4.69) is 0 Å². The first kappa shape index (κ1) is 23.9. The molecular weight excluding hydrogens is 434 g/mol. The Hall–Kier alpha value is -2.78. The number of ether oxygens (including phenoxy) is 3. The molecule has 0 radical (unpaired) electrons. The summed E-state index contributed by atoms with van der Waals surface area (Å²) in [4.78, 5) is 15.4. The molecule has 174 valence electrons. The Morgan fingerprint density at radius 3 is 2.16 bits per heavy atom. The van der Waals surface area contributed by atoms with Gasteiger partial charge < -0.3 is 19.1 Å². The zero-order chi connectivity index (χ0) is 23.4. The molecule has 1 aliphatic rings. The van der Waals surface area contributed by atoms with Crippen molar-refractivity contribution in [2.45, 2.75) is 24.8 Å². The van der Waals surface area contributed by atoms with Crippen LogP contribution in [0.3, 0.4) is 0 Å². The van der Waals surface area contributed by atoms with Crippen molar-refractivity contribution in [2.75, 3.05) is 40.7 Å². The van der Waals surface area contributed by atoms with Crippen LogP contribution in [0.15, 0.2) is 42.5 Å². The fraction of sp³-hybridized carbons (Fsp3) is 0.435. The molecule has 0 aromatic heterocycles. The molecule has 0 spiro atoms. The Balaban J connectivity index is 1.88. The van der Waals surface area contributed by atoms with Crippen LogP contribution in [0.1, 0.15) is 24.0 Å². The largest absolute Gasteiger partial charge is 0.493 e. The first-order chi connectivity index (χ1) is 15.2. The van der Waals surface area contributed by atoms with E-state index in [1.54, 1.807) is 19.1 Å². The van der Waals surface area contributed by atoms with Gasteiger partial charge in [0.15, 0.2) is 11.5 Å². The van der Waals surface area contributed by atoms with Gasteiger partial charge in [0, 0.05) is 13.1 Å². The topological polar surface area (TPSA) is 91.4 Å². The number of amides is 1. The maximum atomic E-state index is 13.7. The quantitative estimate of drug-likeness (QED) is 0.500. The van der Waals surface area contributed by atoms with Crippen LogP contribution in [-0.4, -0.2) is 60.0 Å². The molecule has 1 unspecified atom stereocenters. The van der Waals surface area contributed by atoms with Gasteiger partial charge in [-0.25, -0.2) is 0 Å². The fourth-order valence-corrected chi connectivity index (χ4v) is 4.59. The molecule has 1 fully saturated rings. The van der Waals surface area contributed by atoms with Crippen LogP contribution in [0.2, 0.25) is 0 Å². The number of carbonyl (C=O) groups is 1. The van der Waals surface area contributed by atoms with Crippen molar-refractivity contribution >= 4 is 16.0 Å². The molecular formula is C23H29NO7S. The van der Waals surface area contributed by atoms with Gasteiger partial charge in [0.2, 0.25) is 11.7 Å². The molecule has 2 aromatic rings. The van der Waals surface area contributed by atoms with Gasteiger partial charge in [-0.05, 0) is 36.1 Å². The van der Waals surface area contributed by atoms with Crippen LogP contribution in [0.25, 0.3) is 0 Å². The van der Waals surface area contributed by atoms with Crippen LogP contribution in [0, 0.1) is 0 Å². The maximum absolute atomic E-state index is 13.7. The highest BCUT2D eigenvalue weighted by atomic mass is 32.2. The average molecular weight is 464 g/mol. The lowest BCUT2D eigenvalue weighted by atomic mass is 9.76. The van der Waals surface area contributed by atoms with E-state index in [9.17, 15) is 13.2 Å². The molecule has 8 nitrogen and oxygen atoms in total. The first-order valence-corrected chi connectivity index (χ1v) is 12.0. The van der Waals surface area contributed by atoms with E-state index < -0.39 is 15.5 Å². The van der Waals surface area contributed by atoms with Crippen molar-refractivity contribution in [3.05, 3.63) is 53.6 Å². The SMILES string of the molecule is COc1cc(CN2CCC(CCOS(C)(=O)=O)(c3ccccc3)C2=O)cc(OC)c1OC. The molecule has 0 aliphatic carbocycles. The lowest BCUT2D eigenvalue weighted by Gasteiger charge is -2.28. The van der Waals surface area contributed by atoms with Gasteiger partial charge in [-0.15, -0.1) is 0 Å². The smallest absolute Gasteiger partial charge is 0.264 e. The molecule has 1 atom stereocenters. The standard InChI is InChI=1S/C23H29NO7S/c1-28-19-14-17(15-20(29-2)21(19)30-3)16-24-12-10-23(22(24)25,11-13-31-32(4,26)27)18-8-6-5-7-9-18/h5-9,14-15H,10-13,16H2,1-4H3. The second-order valence-electron chi connectivity index (χ2n) is 7.73. The normalized spacial score (nSPS) is 18.6. The minimum absolute atomic E-state index is 0.0580. The van der Waals surface area contributed by atoms with Crippen molar-refractivity contribution in [1.29, 1.82) is 0 Å². The summed E-state index contributed by atoms with van der Waals surface area (Å²) in [5.74, 6) is 1.46. The number of carbonyl (C=O) groups excluding carboxylic acids is 1. The van der Waals surface area contributed by atoms with Crippen LogP contribution in [-0.2, 0) is 31.1 Å². The molecule has 1 saturated heterocycles. The van der Waals surface area contributed by atoms with E-state index in [0.29, 0.717) is 36.8 Å². The Morgan fingerprint density at radius 1 is 1.00 bits per heavy atom. The summed E-state index contributed by atoms with van der Waals surface area (Å²) in [5, 5.41) is 0. The zero-order valence-corrected chi connectivity index (χ0v) is 19.6. The van der Waals surface area contributed by atoms with E-state index in [4.69, 9.17) is 18.4 Å². The second-order valence-corrected chi connectivity index (χ2v) is 9.38. The predicted octanol–water partition coefficient (Wildman–Crippen LogP) is 2.75. The minimum Gasteiger partial charge on any atom is -0.493 e. The van der Waals surface area contributed by atoms with Gasteiger partial charge in [0.1, 0.15) is 0 Å². The number of hydrogen-bond acceptors (Lipinski definition) is 7. The molecule has 2 aromatic carbocycles. The van der Waals surface area contributed by atoms with E-state index in [0.717, 1.165) is 17.4 Å². The summed E-state index contributed by atoms with van der Waals surface area (Å²) in [6.07, 6.45) is 1.84. The molecule has 0 saturated carbocycles. The van der Waals surface area contributed by atoms with Gasteiger partial charge in [-0.2, -0.15) is 8.42 Å². The summed E-state index contributed by atoms with van der Waals surface area (Å²) in [7, 11) is 1.04. The number of likely N-dealkylation sites (tertiary alicyclic amines) is 1. The number of benzene rings is 2. The van der Waals surface area contributed by atoms with E-state index in [1.165, 1.54) is 7.11 Å². The van der Waals surface area contributed by atoms with Gasteiger partial charge in [0.05, 0.1) is 39.6 Å². The molecule has 1 heterocycles. The monoisotopic (exact) mass is 463 g/mol. The van der Waals surface area contributed by atoms with Crippen molar-refractivity contribution in [2.24, 2.45) is 0 Å². The number of methoxy groups -OCH3 is 3. The molecule has 0 bridgehead atoms. The summed E-state index contributed by atoms with van der Waals surface area (Å²) in [5.41, 5.74) is 0.852. The van der Waals surface area contributed by atoms with Crippen LogP contribution >= 0.6 is 0 Å². The lowest BCUT2D eigenvalue weighted by Crippen LogP contribution is -2.38. The number of nitrogens with zero attached hydrogens (tertiary/aromatic N) is 1. The van der Waals surface area contributed by atoms with Crippen molar-refractivity contribution in [1.82, 2.24) is 4.90 Å². The highest BCUT2D eigenvalue weighted by molar-refractivity contribution is 7.85. The zero-order valence-electron chi connectivity index (χ0n) is 18.8. The van der Waals surface area contributed by atoms with E-state index >= 15 is 0 Å². The summed E-state index contributed by atoms with van der Waals surface area (Å²) < 4.78 is 44.1. The maximum Gasteiger partial charge on any atom is 0.264 e. The number of rotatable bonds is 10. The minimum atomic E-state index is -3.59. The molecule has 32 heavy (non-hydrogen) atoms. The van der Waals surface area contributed by atoms with Crippen LogP contribution in [0.4, 0.5) is 0 Å². The average Bonchev–Trinajstić information content (AvgIpc) is 3.09. The van der Waals surface area contributed by atoms with Crippen LogP contribution < -0.4 is 14.2 Å². The second kappa shape index (κ2) is 9.79. The Kier molecular flexibility index (Phi) is 7.30. The molecule has 1 aliphatic heterocycles. The Morgan fingerprint density at radius 2 is 1.62 bits per heavy atom. The third kappa shape index (κ3) is 4.99. The first-order valence-electron chi connectivity index (χ1n) is 10.2. The Labute approximate surface area is 189 Å². The summed E-state index contributed by atoms with van der Waals surface area (Å²) >= 11 is 0. The molecule has 0 N–H and O–H groups in total. The summed E-state index contributed by atoms with van der Waals surface area (Å²) in [6, 6.07) is 13.1. The fourth-order valence-electron chi connectivity index (χ4n) is 4.20. The van der Waals surface area contributed by atoms with Crippen molar-refractivity contribution in [3.8, 4) is 17.2 Å². The third-order valence-electron chi connectivity index (χ3n) is 5.76. The van der Waals surface area contributed by atoms with Crippen molar-refractivity contribution in [3.63, 3.8) is 0 Å². The lowest BCUT2D eigenvalue weighted by molar-refractivity contribution is -0.133. The van der Waals surface area contributed by atoms with Crippen LogP contribution in [0.5, 0.6) is 17.2 Å². The third-order valence-corrected chi connectivity index (χ3v) is 6.35. The van der Waals surface area contributed by atoms with Gasteiger partial charge in [-0.1, -0.05) is 30.3 Å². The van der Waals surface area contributed by atoms with Crippen molar-refractivity contribution < 1.29 is 31.6 Å². The van der Waals surface area contributed by atoms with E-state index in [-0.39, 0.29) is 18.9 Å². The summed E-state index contributed by atoms with van der Waals surface area (Å²) in [6.45, 7) is 0.831. The molecule has 9 heteroatoms. The highest BCUT2D eigenvalue weighted by Crippen LogP contribution is 2.42. The van der Waals surface area contributed by atoms with E-state index in [1.807, 2.05) is 42.5 Å².